The van der Waals surface area contributed by atoms with Gasteiger partial charge in [-0.3, -0.25) is 9.69 Å². The van der Waals surface area contributed by atoms with E-state index in [-0.39, 0.29) is 11.8 Å². The fraction of sp³-hybridized carbons (Fsp3) is 0.250. The zero-order valence-electron chi connectivity index (χ0n) is 8.55. The number of rotatable bonds is 1. The number of carbonyl (C=O) groups is 1. The normalized spacial score (nSPS) is 19.2. The standard InChI is InChI=1S/C12H9N3O/c1-2-9-5-12(16)15(8-9)11-4-3-10(6-13)7-14-11/h1,3-4,7,9H,5,8H2. The fourth-order valence-corrected chi connectivity index (χ4v) is 1.65. The minimum Gasteiger partial charge on any atom is -0.296 e. The van der Waals surface area contributed by atoms with Crippen LogP contribution in [0, 0.1) is 29.6 Å². The van der Waals surface area contributed by atoms with Gasteiger partial charge in [0.05, 0.1) is 5.56 Å². The first-order valence-electron chi connectivity index (χ1n) is 4.87. The summed E-state index contributed by atoms with van der Waals surface area (Å²) in [7, 11) is 0. The molecule has 4 nitrogen and oxygen atoms in total. The van der Waals surface area contributed by atoms with Crippen LogP contribution < -0.4 is 4.90 Å². The molecule has 0 spiro atoms. The molecule has 1 fully saturated rings. The number of hydrogen-bond acceptors (Lipinski definition) is 3. The molecule has 16 heavy (non-hydrogen) atoms. The molecule has 1 aromatic rings. The van der Waals surface area contributed by atoms with Gasteiger partial charge in [0.1, 0.15) is 11.9 Å². The van der Waals surface area contributed by atoms with Gasteiger partial charge in [-0.25, -0.2) is 4.98 Å². The van der Waals surface area contributed by atoms with Gasteiger partial charge in [0.2, 0.25) is 5.91 Å². The van der Waals surface area contributed by atoms with E-state index in [9.17, 15) is 4.79 Å². The third kappa shape index (κ3) is 1.74. The van der Waals surface area contributed by atoms with Crippen molar-refractivity contribution in [3.05, 3.63) is 23.9 Å². The van der Waals surface area contributed by atoms with Crippen molar-refractivity contribution >= 4 is 11.7 Å². The van der Waals surface area contributed by atoms with Gasteiger partial charge in [-0.1, -0.05) is 0 Å². The highest BCUT2D eigenvalue weighted by atomic mass is 16.2. The molecule has 78 valence electrons. The Morgan fingerprint density at radius 2 is 2.38 bits per heavy atom. The summed E-state index contributed by atoms with van der Waals surface area (Å²) in [5, 5.41) is 8.63. The molecular weight excluding hydrogens is 202 g/mol. The Morgan fingerprint density at radius 3 is 2.88 bits per heavy atom. The monoisotopic (exact) mass is 211 g/mol. The maximum absolute atomic E-state index is 11.6. The molecule has 1 aliphatic rings. The minimum absolute atomic E-state index is 0.0137. The lowest BCUT2D eigenvalue weighted by molar-refractivity contribution is -0.117. The predicted molar refractivity (Wildman–Crippen MR) is 58.2 cm³/mol. The van der Waals surface area contributed by atoms with E-state index in [2.05, 4.69) is 10.9 Å². The number of anilines is 1. The first-order chi connectivity index (χ1) is 7.74. The van der Waals surface area contributed by atoms with E-state index >= 15 is 0 Å². The van der Waals surface area contributed by atoms with Crippen LogP contribution in [0.5, 0.6) is 0 Å². The molecule has 1 unspecified atom stereocenters. The number of terminal acetylenes is 1. The van der Waals surface area contributed by atoms with E-state index in [1.54, 1.807) is 17.0 Å². The van der Waals surface area contributed by atoms with Gasteiger partial charge in [-0.2, -0.15) is 5.26 Å². The van der Waals surface area contributed by atoms with Crippen molar-refractivity contribution in [3.8, 4) is 18.4 Å². The van der Waals surface area contributed by atoms with Crippen LogP contribution in [0.2, 0.25) is 0 Å². The Bertz CT molecular complexity index is 492. The molecule has 0 aromatic carbocycles. The highest BCUT2D eigenvalue weighted by Gasteiger charge is 2.29. The molecule has 1 aromatic heterocycles. The van der Waals surface area contributed by atoms with Crippen LogP contribution in [-0.2, 0) is 4.79 Å². The summed E-state index contributed by atoms with van der Waals surface area (Å²) in [5.41, 5.74) is 0.476. The molecule has 0 aliphatic carbocycles. The van der Waals surface area contributed by atoms with Crippen LogP contribution in [0.1, 0.15) is 12.0 Å². The molecular formula is C12H9N3O. The molecule has 0 saturated carbocycles. The molecule has 4 heteroatoms. The van der Waals surface area contributed by atoms with E-state index < -0.39 is 0 Å². The average molecular weight is 211 g/mol. The van der Waals surface area contributed by atoms with Crippen molar-refractivity contribution in [2.24, 2.45) is 5.92 Å². The van der Waals surface area contributed by atoms with Gasteiger partial charge < -0.3 is 0 Å². The lowest BCUT2D eigenvalue weighted by atomic mass is 10.1. The van der Waals surface area contributed by atoms with Crippen molar-refractivity contribution in [3.63, 3.8) is 0 Å². The maximum atomic E-state index is 11.6. The van der Waals surface area contributed by atoms with E-state index in [1.165, 1.54) is 6.20 Å². The lowest BCUT2D eigenvalue weighted by Crippen LogP contribution is -2.25. The summed E-state index contributed by atoms with van der Waals surface area (Å²) in [6, 6.07) is 5.28. The van der Waals surface area contributed by atoms with Crippen LogP contribution in [-0.4, -0.2) is 17.4 Å². The van der Waals surface area contributed by atoms with Crippen LogP contribution in [0.4, 0.5) is 5.82 Å². The highest BCUT2D eigenvalue weighted by molar-refractivity contribution is 5.95. The second-order valence-electron chi connectivity index (χ2n) is 3.59. The van der Waals surface area contributed by atoms with Crippen molar-refractivity contribution in [2.75, 3.05) is 11.4 Å². The lowest BCUT2D eigenvalue weighted by Gasteiger charge is -2.14. The SMILES string of the molecule is C#CC1CC(=O)N(c2ccc(C#N)cn2)C1. The van der Waals surface area contributed by atoms with E-state index in [0.717, 1.165) is 0 Å². The van der Waals surface area contributed by atoms with E-state index in [1.807, 2.05) is 6.07 Å². The number of amides is 1. The summed E-state index contributed by atoms with van der Waals surface area (Å²) in [6.45, 7) is 0.508. The largest absolute Gasteiger partial charge is 0.296 e. The zero-order valence-corrected chi connectivity index (χ0v) is 8.55. The molecule has 0 bridgehead atoms. The first-order valence-corrected chi connectivity index (χ1v) is 4.87. The second-order valence-corrected chi connectivity index (χ2v) is 3.59. The molecule has 0 radical (unpaired) electrons. The Balaban J connectivity index is 2.23. The number of nitriles is 1. The van der Waals surface area contributed by atoms with Crippen molar-refractivity contribution in [1.29, 1.82) is 5.26 Å². The first kappa shape index (κ1) is 10.2. The number of carbonyl (C=O) groups excluding carboxylic acids is 1. The van der Waals surface area contributed by atoms with Gasteiger partial charge >= 0.3 is 0 Å². The number of nitrogens with zero attached hydrogens (tertiary/aromatic N) is 3. The predicted octanol–water partition coefficient (Wildman–Crippen LogP) is 0.939. The van der Waals surface area contributed by atoms with Gasteiger partial charge in [-0.05, 0) is 12.1 Å². The van der Waals surface area contributed by atoms with Gasteiger partial charge in [0.15, 0.2) is 0 Å². The highest BCUT2D eigenvalue weighted by Crippen LogP contribution is 2.22. The van der Waals surface area contributed by atoms with Crippen LogP contribution in [0.15, 0.2) is 18.3 Å². The van der Waals surface area contributed by atoms with Crippen molar-refractivity contribution in [1.82, 2.24) is 4.98 Å². The molecule has 1 atom stereocenters. The van der Waals surface area contributed by atoms with Crippen LogP contribution in [0.3, 0.4) is 0 Å². The number of pyridine rings is 1. The second kappa shape index (κ2) is 4.04. The molecule has 1 saturated heterocycles. The smallest absolute Gasteiger partial charge is 0.229 e. The fourth-order valence-electron chi connectivity index (χ4n) is 1.65. The Hall–Kier alpha value is -2.33. The third-order valence-corrected chi connectivity index (χ3v) is 2.51. The molecule has 2 rings (SSSR count). The minimum atomic E-state index is -0.0371. The zero-order chi connectivity index (χ0) is 11.5. The molecule has 1 amide bonds. The summed E-state index contributed by atoms with van der Waals surface area (Å²) in [6.07, 6.45) is 7.11. The molecule has 2 heterocycles. The summed E-state index contributed by atoms with van der Waals surface area (Å²) >= 11 is 0. The summed E-state index contributed by atoms with van der Waals surface area (Å²) in [4.78, 5) is 17.2. The quantitative estimate of drug-likeness (QED) is 0.649. The summed E-state index contributed by atoms with van der Waals surface area (Å²) < 4.78 is 0. The third-order valence-electron chi connectivity index (χ3n) is 2.51. The van der Waals surface area contributed by atoms with Crippen molar-refractivity contribution < 1.29 is 4.79 Å². The topological polar surface area (TPSA) is 57.0 Å². The number of hydrogen-bond donors (Lipinski definition) is 0. The maximum Gasteiger partial charge on any atom is 0.229 e. The Labute approximate surface area is 93.5 Å². The van der Waals surface area contributed by atoms with E-state index in [0.29, 0.717) is 24.3 Å². The van der Waals surface area contributed by atoms with Crippen LogP contribution >= 0.6 is 0 Å². The van der Waals surface area contributed by atoms with Crippen LogP contribution in [0.25, 0.3) is 0 Å². The summed E-state index contributed by atoms with van der Waals surface area (Å²) in [5.74, 6) is 3.08. The van der Waals surface area contributed by atoms with Gasteiger partial charge in [0.25, 0.3) is 0 Å². The number of aromatic nitrogens is 1. The Kier molecular flexibility index (Phi) is 2.57. The van der Waals surface area contributed by atoms with E-state index in [4.69, 9.17) is 11.7 Å². The van der Waals surface area contributed by atoms with Gasteiger partial charge in [-0.15, -0.1) is 12.3 Å². The molecule has 0 N–H and O–H groups in total. The molecule has 1 aliphatic heterocycles. The average Bonchev–Trinajstić information content (AvgIpc) is 2.71. The van der Waals surface area contributed by atoms with Crippen molar-refractivity contribution in [2.45, 2.75) is 6.42 Å². The Morgan fingerprint density at radius 1 is 1.56 bits per heavy atom. The van der Waals surface area contributed by atoms with Gasteiger partial charge in [0, 0.05) is 25.1 Å².